The summed E-state index contributed by atoms with van der Waals surface area (Å²) in [6, 6.07) is 13.7. The second-order valence-corrected chi connectivity index (χ2v) is 6.42. The van der Waals surface area contributed by atoms with E-state index in [1.807, 2.05) is 50.2 Å². The van der Waals surface area contributed by atoms with Crippen LogP contribution >= 0.6 is 0 Å². The van der Waals surface area contributed by atoms with Crippen LogP contribution in [0.15, 0.2) is 47.5 Å². The predicted octanol–water partition coefficient (Wildman–Crippen LogP) is 2.90. The van der Waals surface area contributed by atoms with Crippen LogP contribution in [0.1, 0.15) is 40.9 Å². The molecule has 2 aromatic rings. The van der Waals surface area contributed by atoms with E-state index in [1.54, 1.807) is 6.07 Å². The zero-order valence-corrected chi connectivity index (χ0v) is 15.7. The van der Waals surface area contributed by atoms with Gasteiger partial charge in [0.05, 0.1) is 12.3 Å². The number of ether oxygens (including phenoxy) is 1. The topological polar surface area (TPSA) is 79.8 Å². The van der Waals surface area contributed by atoms with Crippen LogP contribution in [-0.4, -0.2) is 36.9 Å². The van der Waals surface area contributed by atoms with E-state index < -0.39 is 0 Å². The molecule has 0 fully saturated rings. The Kier molecular flexibility index (Phi) is 5.54. The first kappa shape index (κ1) is 18.6. The second-order valence-electron chi connectivity index (χ2n) is 6.42. The van der Waals surface area contributed by atoms with E-state index in [-0.39, 0.29) is 31.2 Å². The fourth-order valence-electron chi connectivity index (χ4n) is 3.14. The van der Waals surface area contributed by atoms with E-state index in [9.17, 15) is 9.59 Å². The van der Waals surface area contributed by atoms with Crippen LogP contribution in [0.5, 0.6) is 0 Å². The van der Waals surface area contributed by atoms with Crippen LogP contribution in [0.4, 0.5) is 5.69 Å². The molecule has 1 aliphatic rings. The summed E-state index contributed by atoms with van der Waals surface area (Å²) in [5, 5.41) is 6.14. The molecule has 27 heavy (non-hydrogen) atoms. The molecule has 3 rings (SSSR count). The van der Waals surface area contributed by atoms with Crippen molar-refractivity contribution in [3.8, 4) is 0 Å². The smallest absolute Gasteiger partial charge is 0.302 e. The van der Waals surface area contributed by atoms with E-state index in [1.165, 1.54) is 6.92 Å². The number of para-hydroxylation sites is 1. The normalized spacial score (nSPS) is 15.2. The number of carbonyl (C=O) groups is 2. The van der Waals surface area contributed by atoms with Crippen LogP contribution in [-0.2, 0) is 9.53 Å². The van der Waals surface area contributed by atoms with Gasteiger partial charge in [0.1, 0.15) is 12.8 Å². The summed E-state index contributed by atoms with van der Waals surface area (Å²) in [6.07, 6.45) is -0.0458. The Morgan fingerprint density at radius 2 is 1.89 bits per heavy atom. The predicted molar refractivity (Wildman–Crippen MR) is 105 cm³/mol. The summed E-state index contributed by atoms with van der Waals surface area (Å²) in [6.45, 7) is 5.69. The molecule has 0 bridgehead atoms. The third-order valence-corrected chi connectivity index (χ3v) is 4.40. The molecule has 1 heterocycles. The minimum absolute atomic E-state index is 0.0458. The number of hydrogen-bond acceptors (Lipinski definition) is 5. The molecule has 0 radical (unpaired) electrons. The zero-order chi connectivity index (χ0) is 19.4. The third-order valence-electron chi connectivity index (χ3n) is 4.40. The maximum atomic E-state index is 12.6. The summed E-state index contributed by atoms with van der Waals surface area (Å²) >= 11 is 0. The van der Waals surface area contributed by atoms with Gasteiger partial charge >= 0.3 is 5.97 Å². The van der Waals surface area contributed by atoms with Crippen molar-refractivity contribution in [2.75, 3.05) is 18.5 Å². The summed E-state index contributed by atoms with van der Waals surface area (Å²) in [5.41, 5.74) is 5.32. The Morgan fingerprint density at radius 1 is 1.15 bits per heavy atom. The van der Waals surface area contributed by atoms with Crippen molar-refractivity contribution < 1.29 is 14.3 Å². The highest BCUT2D eigenvalue weighted by molar-refractivity contribution is 6.18. The lowest BCUT2D eigenvalue weighted by Crippen LogP contribution is -2.29. The Balaban J connectivity index is 1.87. The minimum Gasteiger partial charge on any atom is -0.464 e. The van der Waals surface area contributed by atoms with Gasteiger partial charge in [-0.1, -0.05) is 30.3 Å². The Morgan fingerprint density at radius 3 is 2.67 bits per heavy atom. The number of nitrogens with one attached hydrogen (secondary N) is 2. The molecule has 1 amide bonds. The largest absolute Gasteiger partial charge is 0.464 e. The Bertz CT molecular complexity index is 905. The van der Waals surface area contributed by atoms with Gasteiger partial charge < -0.3 is 15.4 Å². The average Bonchev–Trinajstić information content (AvgIpc) is 2.64. The lowest BCUT2D eigenvalue weighted by atomic mass is 9.92. The summed E-state index contributed by atoms with van der Waals surface area (Å²) < 4.78 is 4.85. The van der Waals surface area contributed by atoms with Crippen LogP contribution in [0.2, 0.25) is 0 Å². The monoisotopic (exact) mass is 365 g/mol. The quantitative estimate of drug-likeness (QED) is 0.631. The number of fused-ring (bicyclic) bond motifs is 1. The molecule has 2 N–H and O–H groups in total. The number of amides is 1. The van der Waals surface area contributed by atoms with Gasteiger partial charge in [-0.2, -0.15) is 0 Å². The first-order valence-electron chi connectivity index (χ1n) is 8.92. The average molecular weight is 365 g/mol. The van der Waals surface area contributed by atoms with Crippen LogP contribution in [0.25, 0.3) is 0 Å². The van der Waals surface area contributed by atoms with Crippen molar-refractivity contribution in [2.24, 2.45) is 4.99 Å². The zero-order valence-electron chi connectivity index (χ0n) is 15.7. The van der Waals surface area contributed by atoms with E-state index in [2.05, 4.69) is 10.6 Å². The number of rotatable bonds is 5. The van der Waals surface area contributed by atoms with Gasteiger partial charge in [0.25, 0.3) is 5.91 Å². The molecular formula is C21H23N3O3. The van der Waals surface area contributed by atoms with Crippen molar-refractivity contribution in [3.05, 3.63) is 64.7 Å². The molecule has 1 atom stereocenters. The first-order chi connectivity index (χ1) is 13.0. The van der Waals surface area contributed by atoms with Gasteiger partial charge in [-0.3, -0.25) is 14.6 Å². The molecule has 140 valence electrons. The molecule has 0 saturated heterocycles. The Hall–Kier alpha value is -3.15. The summed E-state index contributed by atoms with van der Waals surface area (Å²) in [5.74, 6) is -0.559. The highest BCUT2D eigenvalue weighted by Crippen LogP contribution is 2.27. The van der Waals surface area contributed by atoms with Crippen LogP contribution in [0, 0.1) is 6.92 Å². The molecule has 0 spiro atoms. The van der Waals surface area contributed by atoms with Crippen molar-refractivity contribution in [1.29, 1.82) is 0 Å². The summed E-state index contributed by atoms with van der Waals surface area (Å²) in [7, 11) is 0. The van der Waals surface area contributed by atoms with Crippen molar-refractivity contribution in [1.82, 2.24) is 5.32 Å². The van der Waals surface area contributed by atoms with Crippen molar-refractivity contribution in [2.45, 2.75) is 26.9 Å². The van der Waals surface area contributed by atoms with Gasteiger partial charge in [-0.25, -0.2) is 0 Å². The van der Waals surface area contributed by atoms with Gasteiger partial charge in [0.2, 0.25) is 0 Å². The summed E-state index contributed by atoms with van der Waals surface area (Å²) in [4.78, 5) is 28.1. The molecule has 0 aliphatic carbocycles. The molecule has 1 aliphatic heterocycles. The third kappa shape index (κ3) is 4.16. The Labute approximate surface area is 158 Å². The molecule has 6 nitrogen and oxygen atoms in total. The number of carbonyl (C=O) groups excluding carboxylic acids is 2. The second kappa shape index (κ2) is 8.03. The van der Waals surface area contributed by atoms with E-state index in [4.69, 9.17) is 9.73 Å². The maximum absolute atomic E-state index is 12.6. The fourth-order valence-corrected chi connectivity index (χ4v) is 3.14. The maximum Gasteiger partial charge on any atom is 0.302 e. The molecule has 0 aromatic heterocycles. The van der Waals surface area contributed by atoms with Crippen LogP contribution < -0.4 is 10.6 Å². The van der Waals surface area contributed by atoms with Crippen molar-refractivity contribution >= 4 is 23.3 Å². The standard InChI is InChI=1S/C21H23N3O3/c1-13-16(20-18-7-4-5-10-19(18)23-14(2)24-20)8-6-9-17(13)21(26)22-11-12-27-15(3)25/h4-10,14,23H,11-12H2,1-3H3,(H,22,26). The highest BCUT2D eigenvalue weighted by Gasteiger charge is 2.21. The fraction of sp³-hybridized carbons (Fsp3) is 0.286. The lowest BCUT2D eigenvalue weighted by molar-refractivity contribution is -0.140. The number of esters is 1. The first-order valence-corrected chi connectivity index (χ1v) is 8.92. The van der Waals surface area contributed by atoms with Crippen LogP contribution in [0.3, 0.4) is 0 Å². The number of aliphatic imine (C=N–C) groups is 1. The number of hydrogen-bond donors (Lipinski definition) is 2. The SMILES string of the molecule is CC(=O)OCCNC(=O)c1cccc(C2=NC(C)Nc3ccccc32)c1C. The lowest BCUT2D eigenvalue weighted by Gasteiger charge is -2.24. The highest BCUT2D eigenvalue weighted by atomic mass is 16.5. The van der Waals surface area contributed by atoms with Gasteiger partial charge in [-0.15, -0.1) is 0 Å². The number of nitrogens with zero attached hydrogens (tertiary/aromatic N) is 1. The number of benzene rings is 2. The number of anilines is 1. The van der Waals surface area contributed by atoms with Gasteiger partial charge in [0.15, 0.2) is 0 Å². The van der Waals surface area contributed by atoms with Gasteiger partial charge in [-0.05, 0) is 31.5 Å². The minimum atomic E-state index is -0.362. The molecule has 1 unspecified atom stereocenters. The van der Waals surface area contributed by atoms with Gasteiger partial charge in [0, 0.05) is 29.3 Å². The molecule has 6 heteroatoms. The molecular weight excluding hydrogens is 342 g/mol. The van der Waals surface area contributed by atoms with Crippen molar-refractivity contribution in [3.63, 3.8) is 0 Å². The van der Waals surface area contributed by atoms with E-state index in [0.717, 1.165) is 28.1 Å². The molecule has 2 aromatic carbocycles. The molecule has 0 saturated carbocycles. The van der Waals surface area contributed by atoms with E-state index in [0.29, 0.717) is 5.56 Å². The van der Waals surface area contributed by atoms with E-state index >= 15 is 0 Å².